The molecule has 0 bridgehead atoms. The standard InChI is InChI=1S/C20H17N3O2/c24-19(21-14-15-8-3-1-4-9-15)17-12-7-13-18(23-17)20(25)22-16-10-5-2-6-11-16/h1-13H,14H2,(H,21,24)(H,22,25). The van der Waals surface area contributed by atoms with Gasteiger partial charge in [0.05, 0.1) is 0 Å². The van der Waals surface area contributed by atoms with Crippen molar-refractivity contribution in [3.05, 3.63) is 95.8 Å². The third-order valence-corrected chi connectivity index (χ3v) is 3.54. The van der Waals surface area contributed by atoms with Gasteiger partial charge in [-0.15, -0.1) is 0 Å². The van der Waals surface area contributed by atoms with Crippen LogP contribution in [0.25, 0.3) is 0 Å². The molecule has 3 rings (SSSR count). The summed E-state index contributed by atoms with van der Waals surface area (Å²) in [5.74, 6) is -0.679. The molecular formula is C20H17N3O2. The second kappa shape index (κ2) is 7.88. The van der Waals surface area contributed by atoms with E-state index in [1.54, 1.807) is 30.3 Å². The molecule has 0 aliphatic heterocycles. The van der Waals surface area contributed by atoms with E-state index in [-0.39, 0.29) is 23.2 Å². The number of rotatable bonds is 5. The van der Waals surface area contributed by atoms with Crippen molar-refractivity contribution < 1.29 is 9.59 Å². The summed E-state index contributed by atoms with van der Waals surface area (Å²) >= 11 is 0. The molecule has 2 amide bonds. The second-order valence-corrected chi connectivity index (χ2v) is 5.40. The van der Waals surface area contributed by atoms with Crippen molar-refractivity contribution in [1.82, 2.24) is 10.3 Å². The first-order valence-electron chi connectivity index (χ1n) is 7.88. The predicted octanol–water partition coefficient (Wildman–Crippen LogP) is 3.26. The Balaban J connectivity index is 1.66. The number of hydrogen-bond donors (Lipinski definition) is 2. The van der Waals surface area contributed by atoms with Crippen LogP contribution in [0.1, 0.15) is 26.5 Å². The van der Waals surface area contributed by atoms with Crippen LogP contribution in [-0.2, 0) is 6.54 Å². The number of aromatic nitrogens is 1. The van der Waals surface area contributed by atoms with Crippen molar-refractivity contribution in [3.8, 4) is 0 Å². The van der Waals surface area contributed by atoms with Gasteiger partial charge in [0.1, 0.15) is 11.4 Å². The van der Waals surface area contributed by atoms with Gasteiger partial charge >= 0.3 is 0 Å². The Bertz CT molecular complexity index is 864. The van der Waals surface area contributed by atoms with E-state index in [1.165, 1.54) is 0 Å². The maximum absolute atomic E-state index is 12.3. The molecule has 124 valence electrons. The van der Waals surface area contributed by atoms with E-state index in [2.05, 4.69) is 15.6 Å². The van der Waals surface area contributed by atoms with E-state index in [1.807, 2.05) is 48.5 Å². The van der Waals surface area contributed by atoms with Crippen LogP contribution in [0.3, 0.4) is 0 Å². The van der Waals surface area contributed by atoms with Gasteiger partial charge in [-0.1, -0.05) is 54.6 Å². The topological polar surface area (TPSA) is 71.1 Å². The maximum Gasteiger partial charge on any atom is 0.274 e. The van der Waals surface area contributed by atoms with Gasteiger partial charge < -0.3 is 10.6 Å². The fourth-order valence-electron chi connectivity index (χ4n) is 2.27. The number of nitrogens with one attached hydrogen (secondary N) is 2. The van der Waals surface area contributed by atoms with E-state index >= 15 is 0 Å². The van der Waals surface area contributed by atoms with Crippen molar-refractivity contribution in [2.24, 2.45) is 0 Å². The number of para-hydroxylation sites is 1. The number of carbonyl (C=O) groups is 2. The third-order valence-electron chi connectivity index (χ3n) is 3.54. The SMILES string of the molecule is O=C(NCc1ccccc1)c1cccc(C(=O)Nc2ccccc2)n1. The maximum atomic E-state index is 12.3. The molecule has 3 aromatic rings. The molecule has 1 aromatic heterocycles. The predicted molar refractivity (Wildman–Crippen MR) is 96.2 cm³/mol. The Morgan fingerprint density at radius 3 is 2.00 bits per heavy atom. The molecule has 0 saturated heterocycles. The Morgan fingerprint density at radius 1 is 0.720 bits per heavy atom. The highest BCUT2D eigenvalue weighted by atomic mass is 16.2. The van der Waals surface area contributed by atoms with Gasteiger partial charge in [-0.2, -0.15) is 0 Å². The molecule has 0 saturated carbocycles. The van der Waals surface area contributed by atoms with Crippen molar-refractivity contribution in [2.45, 2.75) is 6.54 Å². The summed E-state index contributed by atoms with van der Waals surface area (Å²) < 4.78 is 0. The quantitative estimate of drug-likeness (QED) is 0.754. The molecule has 0 radical (unpaired) electrons. The molecular weight excluding hydrogens is 314 g/mol. The zero-order chi connectivity index (χ0) is 17.5. The minimum atomic E-state index is -0.357. The molecule has 0 spiro atoms. The van der Waals surface area contributed by atoms with Crippen molar-refractivity contribution in [2.75, 3.05) is 5.32 Å². The minimum Gasteiger partial charge on any atom is -0.347 e. The lowest BCUT2D eigenvalue weighted by Crippen LogP contribution is -2.25. The first-order chi connectivity index (χ1) is 12.2. The van der Waals surface area contributed by atoms with Crippen LogP contribution >= 0.6 is 0 Å². The number of hydrogen-bond acceptors (Lipinski definition) is 3. The zero-order valence-electron chi connectivity index (χ0n) is 13.5. The lowest BCUT2D eigenvalue weighted by molar-refractivity contribution is 0.0945. The summed E-state index contributed by atoms with van der Waals surface area (Å²) in [5, 5.41) is 5.55. The highest BCUT2D eigenvalue weighted by molar-refractivity contribution is 6.03. The first-order valence-corrected chi connectivity index (χ1v) is 7.88. The number of benzene rings is 2. The number of anilines is 1. The molecule has 25 heavy (non-hydrogen) atoms. The van der Waals surface area contributed by atoms with E-state index in [0.717, 1.165) is 5.56 Å². The van der Waals surface area contributed by atoms with Gasteiger partial charge in [0.2, 0.25) is 0 Å². The summed E-state index contributed by atoms with van der Waals surface area (Å²) in [4.78, 5) is 28.7. The smallest absolute Gasteiger partial charge is 0.274 e. The molecule has 1 heterocycles. The lowest BCUT2D eigenvalue weighted by Gasteiger charge is -2.07. The molecule has 0 aliphatic rings. The van der Waals surface area contributed by atoms with Crippen LogP contribution in [-0.4, -0.2) is 16.8 Å². The Hall–Kier alpha value is -3.47. The van der Waals surface area contributed by atoms with Crippen LogP contribution in [0, 0.1) is 0 Å². The summed E-state index contributed by atoms with van der Waals surface area (Å²) in [6, 6.07) is 23.5. The van der Waals surface area contributed by atoms with E-state index in [9.17, 15) is 9.59 Å². The first kappa shape index (κ1) is 16.4. The van der Waals surface area contributed by atoms with Crippen LogP contribution in [0.5, 0.6) is 0 Å². The normalized spacial score (nSPS) is 10.1. The lowest BCUT2D eigenvalue weighted by atomic mass is 10.2. The third kappa shape index (κ3) is 4.51. The number of amides is 2. The molecule has 0 aliphatic carbocycles. The van der Waals surface area contributed by atoms with E-state index in [0.29, 0.717) is 12.2 Å². The fourth-order valence-corrected chi connectivity index (χ4v) is 2.27. The van der Waals surface area contributed by atoms with Gasteiger partial charge in [0.25, 0.3) is 11.8 Å². The van der Waals surface area contributed by atoms with Gasteiger partial charge in [-0.05, 0) is 29.8 Å². The van der Waals surface area contributed by atoms with E-state index < -0.39 is 0 Å². The Labute approximate surface area is 145 Å². The number of nitrogens with zero attached hydrogens (tertiary/aromatic N) is 1. The van der Waals surface area contributed by atoms with Gasteiger partial charge in [-0.3, -0.25) is 9.59 Å². The average molecular weight is 331 g/mol. The summed E-state index contributed by atoms with van der Waals surface area (Å²) in [7, 11) is 0. The molecule has 0 atom stereocenters. The van der Waals surface area contributed by atoms with Crippen LogP contribution in [0.4, 0.5) is 5.69 Å². The van der Waals surface area contributed by atoms with Crippen LogP contribution < -0.4 is 10.6 Å². The largest absolute Gasteiger partial charge is 0.347 e. The van der Waals surface area contributed by atoms with Gasteiger partial charge in [0, 0.05) is 12.2 Å². The van der Waals surface area contributed by atoms with Crippen molar-refractivity contribution in [3.63, 3.8) is 0 Å². The highest BCUT2D eigenvalue weighted by Crippen LogP contribution is 2.08. The second-order valence-electron chi connectivity index (χ2n) is 5.40. The molecule has 5 nitrogen and oxygen atoms in total. The summed E-state index contributed by atoms with van der Waals surface area (Å²) in [5.41, 5.74) is 2.06. The Kier molecular flexibility index (Phi) is 5.16. The molecule has 2 aromatic carbocycles. The fraction of sp³-hybridized carbons (Fsp3) is 0.0500. The van der Waals surface area contributed by atoms with Crippen molar-refractivity contribution in [1.29, 1.82) is 0 Å². The molecule has 5 heteroatoms. The minimum absolute atomic E-state index is 0.191. The summed E-state index contributed by atoms with van der Waals surface area (Å²) in [6.07, 6.45) is 0. The van der Waals surface area contributed by atoms with Gasteiger partial charge in [0.15, 0.2) is 0 Å². The van der Waals surface area contributed by atoms with E-state index in [4.69, 9.17) is 0 Å². The summed E-state index contributed by atoms with van der Waals surface area (Å²) in [6.45, 7) is 0.405. The number of pyridine rings is 1. The molecule has 0 fully saturated rings. The monoisotopic (exact) mass is 331 g/mol. The molecule has 2 N–H and O–H groups in total. The average Bonchev–Trinajstić information content (AvgIpc) is 2.68. The van der Waals surface area contributed by atoms with Crippen molar-refractivity contribution >= 4 is 17.5 Å². The van der Waals surface area contributed by atoms with Crippen LogP contribution in [0.15, 0.2) is 78.9 Å². The van der Waals surface area contributed by atoms with Crippen LogP contribution in [0.2, 0.25) is 0 Å². The molecule has 0 unspecified atom stereocenters. The van der Waals surface area contributed by atoms with Gasteiger partial charge in [-0.25, -0.2) is 4.98 Å². The zero-order valence-corrected chi connectivity index (χ0v) is 13.5. The number of carbonyl (C=O) groups excluding carboxylic acids is 2. The highest BCUT2D eigenvalue weighted by Gasteiger charge is 2.12. The Morgan fingerprint density at radius 2 is 1.32 bits per heavy atom.